The number of rotatable bonds is 20. The fourth-order valence-electron chi connectivity index (χ4n) is 9.65. The van der Waals surface area contributed by atoms with E-state index in [0.717, 1.165) is 22.6 Å². The lowest BCUT2D eigenvalue weighted by Crippen LogP contribution is -2.31. The number of nitrogens with zero attached hydrogens (tertiary/aromatic N) is 3. The molecule has 3 heterocycles. The number of carbonyl (C=O) groups excluding carboxylic acids is 3. The van der Waals surface area contributed by atoms with Crippen molar-refractivity contribution in [2.45, 2.75) is 124 Å². The molecule has 1 saturated heterocycles. The zero-order valence-corrected chi connectivity index (χ0v) is 44.0. The Morgan fingerprint density at radius 3 is 1.96 bits per heavy atom. The number of carbonyl (C=O) groups is 3. The molecule has 0 saturated carbocycles. The van der Waals surface area contributed by atoms with E-state index in [4.69, 9.17) is 9.57 Å². The molecule has 19 nitrogen and oxygen atoms in total. The van der Waals surface area contributed by atoms with E-state index in [0.29, 0.717) is 97.8 Å². The van der Waals surface area contributed by atoms with Gasteiger partial charge in [-0.3, -0.25) is 23.2 Å². The molecule has 3 aliphatic heterocycles. The SMILES string of the molecule is CC1(C)C(/C=C/C2=C(Oc3ccc(S(=O)(=O)O)cc3)C(=C/C=C3/N(CCCC[SH](=O)=O)c4ccc(S(=O)(=O)O)cc4C3(C)C)/CCC2)=[N+](CCCCCC(=O)ON2C(=O)CCC2=O)c2ccc(S(=O)(=O)O)cc21. The Kier molecular flexibility index (Phi) is 16.2. The van der Waals surface area contributed by atoms with E-state index in [1.807, 2.05) is 61.5 Å². The van der Waals surface area contributed by atoms with Crippen LogP contribution in [0.4, 0.5) is 11.4 Å². The summed E-state index contributed by atoms with van der Waals surface area (Å²) in [4.78, 5) is 42.5. The standard InChI is InChI=1S/C50H57N3O16S4/c1-49(2)39-31-37(72(62,63)64)20-22-41(39)51(28-7-5-6-13-47(56)69-53-45(54)26-27-46(53)55)43(49)24-14-33-11-10-12-34(48(33)68-35-16-18-36(19-17-35)71(59,60)61)15-25-44-50(3,4)40-32-38(73(65,66)67)21-23-42(40)52(44)29-8-9-30-70(57)58/h14-25,31-32,70H,5-13,26-30H2,1-4H3,(H2-,59,60,61,62,63,64,65,66,67)/p+1. The van der Waals surface area contributed by atoms with Crippen LogP contribution in [0.3, 0.4) is 0 Å². The number of hydroxylamine groups is 2. The molecule has 0 radical (unpaired) electrons. The van der Waals surface area contributed by atoms with E-state index in [-0.39, 0.29) is 45.5 Å². The van der Waals surface area contributed by atoms with Crippen molar-refractivity contribution in [1.82, 2.24) is 5.06 Å². The summed E-state index contributed by atoms with van der Waals surface area (Å²) in [7, 11) is -16.2. The Labute approximate surface area is 426 Å². The van der Waals surface area contributed by atoms with Gasteiger partial charge in [0.2, 0.25) is 5.69 Å². The number of hydrogen-bond donors (Lipinski definition) is 4. The Hall–Kier alpha value is -5.82. The first-order chi connectivity index (χ1) is 34.2. The largest absolute Gasteiger partial charge is 0.457 e. The predicted molar refractivity (Wildman–Crippen MR) is 269 cm³/mol. The van der Waals surface area contributed by atoms with Crippen molar-refractivity contribution < 1.29 is 75.9 Å². The van der Waals surface area contributed by atoms with Crippen LogP contribution < -0.4 is 9.64 Å². The Bertz CT molecular complexity index is 3310. The van der Waals surface area contributed by atoms with Gasteiger partial charge in [-0.25, -0.2) is 13.2 Å². The van der Waals surface area contributed by atoms with Gasteiger partial charge in [0.05, 0.1) is 20.1 Å². The van der Waals surface area contributed by atoms with Crippen LogP contribution in [0.25, 0.3) is 0 Å². The number of amides is 2. The Morgan fingerprint density at radius 2 is 1.33 bits per heavy atom. The van der Waals surface area contributed by atoms with Crippen molar-refractivity contribution in [2.75, 3.05) is 23.7 Å². The average molecular weight is 1090 g/mol. The maximum atomic E-state index is 12.5. The highest BCUT2D eigenvalue weighted by molar-refractivity contribution is 7.86. The monoisotopic (exact) mass is 1080 g/mol. The minimum absolute atomic E-state index is 0.00425. The molecule has 1 fully saturated rings. The summed E-state index contributed by atoms with van der Waals surface area (Å²) in [5.74, 6) is -1.17. The number of benzene rings is 3. The summed E-state index contributed by atoms with van der Waals surface area (Å²) >= 11 is 0. The second-order valence-corrected chi connectivity index (χ2v) is 24.6. The van der Waals surface area contributed by atoms with Gasteiger partial charge >= 0.3 is 5.97 Å². The third-order valence-corrected chi connectivity index (χ3v) is 16.7. The molecular formula is C50H58N3O16S4+. The second-order valence-electron chi connectivity index (χ2n) is 19.2. The topological polar surface area (TPSA) is 276 Å². The summed E-state index contributed by atoms with van der Waals surface area (Å²) < 4.78 is 134. The zero-order valence-electron chi connectivity index (χ0n) is 40.6. The van der Waals surface area contributed by atoms with Gasteiger partial charge in [0.15, 0.2) is 5.71 Å². The molecule has 3 N–H and O–H groups in total. The average Bonchev–Trinajstić information content (AvgIpc) is 3.82. The Balaban J connectivity index is 1.28. The second kappa shape index (κ2) is 21.6. The molecular weight excluding hydrogens is 1030 g/mol. The molecule has 3 aromatic rings. The predicted octanol–water partition coefficient (Wildman–Crippen LogP) is 7.04. The molecule has 2 amide bonds. The zero-order chi connectivity index (χ0) is 53.3. The third-order valence-electron chi connectivity index (χ3n) is 13.5. The first kappa shape index (κ1) is 54.9. The normalized spacial score (nSPS) is 19.0. The van der Waals surface area contributed by atoms with E-state index in [1.165, 1.54) is 48.5 Å². The van der Waals surface area contributed by atoms with Gasteiger partial charge in [-0.15, -0.1) is 5.06 Å². The van der Waals surface area contributed by atoms with Gasteiger partial charge < -0.3 is 14.5 Å². The first-order valence-electron chi connectivity index (χ1n) is 23.6. The van der Waals surface area contributed by atoms with Crippen LogP contribution >= 0.6 is 0 Å². The number of anilines is 1. The van der Waals surface area contributed by atoms with Gasteiger partial charge in [0.1, 0.15) is 28.8 Å². The van der Waals surface area contributed by atoms with Crippen molar-refractivity contribution in [2.24, 2.45) is 0 Å². The van der Waals surface area contributed by atoms with Crippen LogP contribution in [0.2, 0.25) is 0 Å². The molecule has 0 aromatic heterocycles. The highest BCUT2D eigenvalue weighted by atomic mass is 32.2. The van der Waals surface area contributed by atoms with Gasteiger partial charge in [0, 0.05) is 72.5 Å². The lowest BCUT2D eigenvalue weighted by Gasteiger charge is -2.27. The number of hydrogen-bond acceptors (Lipinski definition) is 14. The number of fused-ring (bicyclic) bond motifs is 2. The van der Waals surface area contributed by atoms with Crippen LogP contribution in [-0.2, 0) is 71.1 Å². The maximum absolute atomic E-state index is 12.5. The lowest BCUT2D eigenvalue weighted by molar-refractivity contribution is -0.438. The van der Waals surface area contributed by atoms with E-state index in [9.17, 15) is 61.7 Å². The number of allylic oxidation sites excluding steroid dienone is 7. The molecule has 7 rings (SSSR count). The quantitative estimate of drug-likeness (QED) is 0.0290. The summed E-state index contributed by atoms with van der Waals surface area (Å²) in [5, 5.41) is 0.512. The fraction of sp³-hybridized carbons (Fsp3) is 0.400. The van der Waals surface area contributed by atoms with E-state index >= 15 is 0 Å². The lowest BCUT2D eigenvalue weighted by atomic mass is 9.81. The summed E-state index contributed by atoms with van der Waals surface area (Å²) in [6.45, 7) is 8.47. The minimum atomic E-state index is -4.57. The van der Waals surface area contributed by atoms with Crippen LogP contribution in [0.5, 0.6) is 5.75 Å². The van der Waals surface area contributed by atoms with E-state index in [2.05, 4.69) is 0 Å². The molecule has 3 aromatic carbocycles. The highest BCUT2D eigenvalue weighted by Gasteiger charge is 2.45. The minimum Gasteiger partial charge on any atom is -0.457 e. The van der Waals surface area contributed by atoms with Crippen molar-refractivity contribution in [3.63, 3.8) is 0 Å². The summed E-state index contributed by atoms with van der Waals surface area (Å²) in [5.41, 5.74) is 3.96. The van der Waals surface area contributed by atoms with Crippen molar-refractivity contribution in [1.29, 1.82) is 0 Å². The third kappa shape index (κ3) is 12.4. The van der Waals surface area contributed by atoms with Crippen molar-refractivity contribution in [3.05, 3.63) is 119 Å². The molecule has 73 heavy (non-hydrogen) atoms. The Morgan fingerprint density at radius 1 is 0.712 bits per heavy atom. The molecule has 1 aliphatic carbocycles. The fourth-order valence-corrected chi connectivity index (χ4v) is 11.6. The van der Waals surface area contributed by atoms with Crippen LogP contribution in [0, 0.1) is 0 Å². The van der Waals surface area contributed by atoms with Gasteiger partial charge in [0.25, 0.3) is 42.2 Å². The van der Waals surface area contributed by atoms with Crippen LogP contribution in [0.1, 0.15) is 109 Å². The molecule has 0 bridgehead atoms. The smallest absolute Gasteiger partial charge is 0.333 e. The molecule has 392 valence electrons. The van der Waals surface area contributed by atoms with Crippen molar-refractivity contribution >= 4 is 75.9 Å². The van der Waals surface area contributed by atoms with Gasteiger partial charge in [-0.2, -0.15) is 29.8 Å². The summed E-state index contributed by atoms with van der Waals surface area (Å²) in [6.07, 6.45) is 11.6. The van der Waals surface area contributed by atoms with Crippen molar-refractivity contribution in [3.8, 4) is 5.75 Å². The molecule has 23 heteroatoms. The van der Waals surface area contributed by atoms with E-state index < -0.39 is 69.7 Å². The number of thiol groups is 1. The van der Waals surface area contributed by atoms with Gasteiger partial charge in [-0.05, 0) is 142 Å². The molecule has 0 atom stereocenters. The summed E-state index contributed by atoms with van der Waals surface area (Å²) in [6, 6.07) is 14.0. The van der Waals surface area contributed by atoms with E-state index in [1.54, 1.807) is 12.1 Å². The number of ether oxygens (including phenoxy) is 1. The highest BCUT2D eigenvalue weighted by Crippen LogP contribution is 2.49. The first-order valence-corrected chi connectivity index (χ1v) is 29.3. The molecule has 4 aliphatic rings. The molecule has 0 spiro atoms. The van der Waals surface area contributed by atoms with Gasteiger partial charge in [-0.1, -0.05) is 19.9 Å². The number of unbranched alkanes of at least 4 members (excludes halogenated alkanes) is 3. The van der Waals surface area contributed by atoms with Crippen LogP contribution in [-0.4, -0.2) is 99.3 Å². The van der Waals surface area contributed by atoms with Crippen LogP contribution in [0.15, 0.2) is 122 Å². The number of imide groups is 1. The maximum Gasteiger partial charge on any atom is 0.333 e. The molecule has 0 unspecified atom stereocenters.